The third-order valence-electron chi connectivity index (χ3n) is 3.12. The molecule has 0 radical (unpaired) electrons. The molecule has 2 aliphatic heterocycles. The van der Waals surface area contributed by atoms with Gasteiger partial charge >= 0.3 is 0 Å². The number of piperidine rings is 1. The summed E-state index contributed by atoms with van der Waals surface area (Å²) in [5, 5.41) is 47.2. The van der Waals surface area contributed by atoms with Crippen molar-refractivity contribution < 1.29 is 30.3 Å². The zero-order valence-corrected chi connectivity index (χ0v) is 7.87. The Morgan fingerprint density at radius 2 is 1.80 bits per heavy atom. The molecular formula is C8H13NO6. The summed E-state index contributed by atoms with van der Waals surface area (Å²) in [6, 6.07) is -1.18. The van der Waals surface area contributed by atoms with Crippen LogP contribution in [0.25, 0.3) is 0 Å². The lowest BCUT2D eigenvalue weighted by Crippen LogP contribution is -2.59. The van der Waals surface area contributed by atoms with Gasteiger partial charge in [0.25, 0.3) is 5.79 Å². The predicted octanol–water partition coefficient (Wildman–Crippen LogP) is -2.94. The third-order valence-corrected chi connectivity index (χ3v) is 3.12. The molecule has 0 aromatic rings. The van der Waals surface area contributed by atoms with Crippen molar-refractivity contribution in [3.05, 3.63) is 0 Å². The highest BCUT2D eigenvalue weighted by Crippen LogP contribution is 2.42. The first-order chi connectivity index (χ1) is 6.80. The minimum absolute atomic E-state index is 0.152. The van der Waals surface area contributed by atoms with Gasteiger partial charge in [-0.2, -0.15) is 0 Å². The number of nitrogens with zero attached hydrogens (tertiary/aromatic N) is 1. The quantitative estimate of drug-likeness (QED) is 0.278. The molecule has 86 valence electrons. The normalized spacial score (nSPS) is 37.9. The van der Waals surface area contributed by atoms with E-state index in [9.17, 15) is 30.3 Å². The van der Waals surface area contributed by atoms with Crippen molar-refractivity contribution in [3.63, 3.8) is 0 Å². The maximum absolute atomic E-state index is 11.4. The van der Waals surface area contributed by atoms with Crippen molar-refractivity contribution in [1.82, 2.24) is 4.90 Å². The van der Waals surface area contributed by atoms with Gasteiger partial charge in [-0.05, 0) is 12.8 Å². The fourth-order valence-corrected chi connectivity index (χ4v) is 2.22. The molecular weight excluding hydrogens is 206 g/mol. The van der Waals surface area contributed by atoms with Gasteiger partial charge < -0.3 is 30.4 Å². The molecule has 2 atom stereocenters. The van der Waals surface area contributed by atoms with Crippen LogP contribution >= 0.6 is 0 Å². The standard InChI is InChI=1S/C8H13NO6/c10-5-3-1-2-4-7(12,13)8(14,15)6(11)9(4)5/h4,6,11-15H,1-3H2. The molecule has 2 aliphatic rings. The van der Waals surface area contributed by atoms with E-state index in [4.69, 9.17) is 0 Å². The van der Waals surface area contributed by atoms with Crippen LogP contribution in [-0.2, 0) is 4.79 Å². The maximum atomic E-state index is 11.4. The minimum Gasteiger partial charge on any atom is -0.368 e. The fourth-order valence-electron chi connectivity index (χ4n) is 2.22. The van der Waals surface area contributed by atoms with E-state index in [1.54, 1.807) is 0 Å². The van der Waals surface area contributed by atoms with Crippen LogP contribution in [0.1, 0.15) is 19.3 Å². The van der Waals surface area contributed by atoms with Gasteiger partial charge in [0.2, 0.25) is 11.7 Å². The maximum Gasteiger partial charge on any atom is 0.267 e. The van der Waals surface area contributed by atoms with Crippen LogP contribution in [0.15, 0.2) is 0 Å². The summed E-state index contributed by atoms with van der Waals surface area (Å²) < 4.78 is 0. The minimum atomic E-state index is -3.11. The van der Waals surface area contributed by atoms with Crippen LogP contribution in [0, 0.1) is 0 Å². The van der Waals surface area contributed by atoms with Crippen molar-refractivity contribution in [1.29, 1.82) is 0 Å². The molecule has 2 unspecified atom stereocenters. The van der Waals surface area contributed by atoms with Crippen LogP contribution < -0.4 is 0 Å². The van der Waals surface area contributed by atoms with Crippen molar-refractivity contribution in [2.75, 3.05) is 0 Å². The van der Waals surface area contributed by atoms with Gasteiger partial charge in [-0.25, -0.2) is 0 Å². The Morgan fingerprint density at radius 1 is 1.20 bits per heavy atom. The summed E-state index contributed by atoms with van der Waals surface area (Å²) in [6.07, 6.45) is -1.23. The summed E-state index contributed by atoms with van der Waals surface area (Å²) in [6.45, 7) is 0. The summed E-state index contributed by atoms with van der Waals surface area (Å²) in [5.74, 6) is -6.53. The summed E-state index contributed by atoms with van der Waals surface area (Å²) in [4.78, 5) is 12.1. The van der Waals surface area contributed by atoms with Gasteiger partial charge in [-0.15, -0.1) is 0 Å². The molecule has 2 heterocycles. The highest BCUT2D eigenvalue weighted by molar-refractivity contribution is 5.78. The average Bonchev–Trinajstić information content (AvgIpc) is 2.27. The van der Waals surface area contributed by atoms with Gasteiger partial charge in [0, 0.05) is 6.42 Å². The van der Waals surface area contributed by atoms with Crippen LogP contribution in [-0.4, -0.2) is 60.2 Å². The van der Waals surface area contributed by atoms with Crippen LogP contribution in [0.4, 0.5) is 0 Å². The number of fused-ring (bicyclic) bond motifs is 1. The molecule has 7 nitrogen and oxygen atoms in total. The molecule has 0 aliphatic carbocycles. The number of rotatable bonds is 0. The molecule has 2 saturated heterocycles. The SMILES string of the molecule is O=C1CCCC2N1C(O)C(O)(O)C2(O)O. The topological polar surface area (TPSA) is 121 Å². The highest BCUT2D eigenvalue weighted by atomic mass is 16.6. The fraction of sp³-hybridized carbons (Fsp3) is 0.875. The molecule has 0 aromatic heterocycles. The monoisotopic (exact) mass is 219 g/mol. The molecule has 5 N–H and O–H groups in total. The van der Waals surface area contributed by atoms with Crippen molar-refractivity contribution in [3.8, 4) is 0 Å². The zero-order chi connectivity index (χ0) is 11.4. The van der Waals surface area contributed by atoms with Crippen molar-refractivity contribution in [2.45, 2.75) is 43.1 Å². The Labute approximate surface area is 85.2 Å². The molecule has 2 fully saturated rings. The lowest BCUT2D eigenvalue weighted by molar-refractivity contribution is -0.363. The van der Waals surface area contributed by atoms with Crippen molar-refractivity contribution >= 4 is 5.91 Å². The molecule has 0 bridgehead atoms. The number of aliphatic hydroxyl groups excluding tert-OH is 1. The Balaban J connectivity index is 2.43. The van der Waals surface area contributed by atoms with E-state index < -0.39 is 29.8 Å². The van der Waals surface area contributed by atoms with Crippen LogP contribution in [0.5, 0.6) is 0 Å². The second-order valence-corrected chi connectivity index (χ2v) is 4.03. The van der Waals surface area contributed by atoms with Crippen LogP contribution in [0.3, 0.4) is 0 Å². The largest absolute Gasteiger partial charge is 0.368 e. The summed E-state index contributed by atoms with van der Waals surface area (Å²) in [5.41, 5.74) is 0. The van der Waals surface area contributed by atoms with E-state index in [-0.39, 0.29) is 12.8 Å². The summed E-state index contributed by atoms with van der Waals surface area (Å²) in [7, 11) is 0. The predicted molar refractivity (Wildman–Crippen MR) is 44.8 cm³/mol. The average molecular weight is 219 g/mol. The zero-order valence-electron chi connectivity index (χ0n) is 7.87. The smallest absolute Gasteiger partial charge is 0.267 e. The molecule has 1 amide bonds. The Bertz CT molecular complexity index is 302. The van der Waals surface area contributed by atoms with E-state index in [0.717, 1.165) is 4.90 Å². The molecule has 15 heavy (non-hydrogen) atoms. The molecule has 0 aromatic carbocycles. The summed E-state index contributed by atoms with van der Waals surface area (Å²) >= 11 is 0. The van der Waals surface area contributed by atoms with Gasteiger partial charge in [0.15, 0.2) is 6.23 Å². The first-order valence-electron chi connectivity index (χ1n) is 4.69. The lowest BCUT2D eigenvalue weighted by atomic mass is 9.95. The first kappa shape index (κ1) is 10.8. The van der Waals surface area contributed by atoms with E-state index in [1.165, 1.54) is 0 Å². The highest BCUT2D eigenvalue weighted by Gasteiger charge is 2.69. The molecule has 7 heteroatoms. The molecule has 0 saturated carbocycles. The number of aliphatic hydroxyl groups is 5. The Morgan fingerprint density at radius 3 is 2.33 bits per heavy atom. The van der Waals surface area contributed by atoms with Gasteiger partial charge in [-0.1, -0.05) is 0 Å². The lowest BCUT2D eigenvalue weighted by Gasteiger charge is -2.34. The Kier molecular flexibility index (Phi) is 2.08. The second-order valence-electron chi connectivity index (χ2n) is 4.03. The number of carbonyl (C=O) groups excluding carboxylic acids is 1. The van der Waals surface area contributed by atoms with E-state index >= 15 is 0 Å². The van der Waals surface area contributed by atoms with Gasteiger partial charge in [0.05, 0.1) is 6.04 Å². The van der Waals surface area contributed by atoms with E-state index in [2.05, 4.69) is 0 Å². The second kappa shape index (κ2) is 2.89. The number of amides is 1. The number of carbonyl (C=O) groups is 1. The number of hydrogen-bond acceptors (Lipinski definition) is 6. The van der Waals surface area contributed by atoms with Crippen LogP contribution in [0.2, 0.25) is 0 Å². The van der Waals surface area contributed by atoms with E-state index in [0.29, 0.717) is 6.42 Å². The van der Waals surface area contributed by atoms with Gasteiger partial charge in [-0.3, -0.25) is 4.79 Å². The number of hydrogen-bond donors (Lipinski definition) is 5. The molecule has 0 spiro atoms. The van der Waals surface area contributed by atoms with Crippen molar-refractivity contribution in [2.24, 2.45) is 0 Å². The van der Waals surface area contributed by atoms with E-state index in [1.807, 2.05) is 0 Å². The molecule has 2 rings (SSSR count). The third kappa shape index (κ3) is 1.15. The van der Waals surface area contributed by atoms with Gasteiger partial charge in [0.1, 0.15) is 0 Å². The first-order valence-corrected chi connectivity index (χ1v) is 4.69. The Hall–Kier alpha value is -0.730.